The van der Waals surface area contributed by atoms with E-state index in [1.54, 1.807) is 0 Å². The van der Waals surface area contributed by atoms with Gasteiger partial charge in [0.25, 0.3) is 0 Å². The number of piperazine rings is 1. The third kappa shape index (κ3) is 4.18. The average molecular weight is 213 g/mol. The summed E-state index contributed by atoms with van der Waals surface area (Å²) in [7, 11) is 0. The molecule has 15 heavy (non-hydrogen) atoms. The van der Waals surface area contributed by atoms with Crippen molar-refractivity contribution in [2.45, 2.75) is 45.2 Å². The van der Waals surface area contributed by atoms with E-state index in [1.165, 1.54) is 0 Å². The first kappa shape index (κ1) is 12.5. The lowest BCUT2D eigenvalue weighted by atomic mass is 10.1. The number of hydrogen-bond acceptors (Lipinski definition) is 3. The second kappa shape index (κ2) is 6.80. The molecule has 3 N–H and O–H groups in total. The Labute approximate surface area is 92.2 Å². The topological polar surface area (TPSA) is 53.2 Å². The van der Waals surface area contributed by atoms with E-state index in [-0.39, 0.29) is 11.9 Å². The van der Waals surface area contributed by atoms with Crippen LogP contribution in [0.15, 0.2) is 0 Å². The first-order valence-corrected chi connectivity index (χ1v) is 6.02. The molecule has 0 aromatic rings. The van der Waals surface area contributed by atoms with Crippen LogP contribution in [0.25, 0.3) is 0 Å². The van der Waals surface area contributed by atoms with Crippen molar-refractivity contribution in [2.24, 2.45) is 0 Å². The summed E-state index contributed by atoms with van der Waals surface area (Å²) in [6.07, 6.45) is 3.21. The van der Waals surface area contributed by atoms with Gasteiger partial charge in [-0.1, -0.05) is 20.3 Å². The van der Waals surface area contributed by atoms with E-state index in [2.05, 4.69) is 29.8 Å². The van der Waals surface area contributed by atoms with Gasteiger partial charge in [0.2, 0.25) is 5.91 Å². The third-order valence-electron chi connectivity index (χ3n) is 2.83. The minimum Gasteiger partial charge on any atom is -0.352 e. The van der Waals surface area contributed by atoms with Crippen LogP contribution in [0.1, 0.15) is 33.1 Å². The van der Waals surface area contributed by atoms with Crippen LogP contribution in [-0.4, -0.2) is 37.6 Å². The fraction of sp³-hybridized carbons (Fsp3) is 0.909. The molecule has 2 atom stereocenters. The van der Waals surface area contributed by atoms with Gasteiger partial charge < -0.3 is 16.0 Å². The lowest BCUT2D eigenvalue weighted by Crippen LogP contribution is -2.57. The fourth-order valence-electron chi connectivity index (χ4n) is 1.87. The first-order valence-electron chi connectivity index (χ1n) is 6.02. The summed E-state index contributed by atoms with van der Waals surface area (Å²) in [5.41, 5.74) is 0. The standard InChI is InChI=1S/C11H23N3O/c1-3-5-9(4-2)14-11(15)10-8-12-6-7-13-10/h9-10,12-13H,3-8H2,1-2H3,(H,14,15). The monoisotopic (exact) mass is 213 g/mol. The Morgan fingerprint density at radius 1 is 1.47 bits per heavy atom. The van der Waals surface area contributed by atoms with Crippen LogP contribution in [0.3, 0.4) is 0 Å². The number of nitrogens with one attached hydrogen (secondary N) is 3. The summed E-state index contributed by atoms with van der Waals surface area (Å²) in [5.74, 6) is 0.141. The molecule has 0 saturated carbocycles. The van der Waals surface area contributed by atoms with Gasteiger partial charge in [-0.15, -0.1) is 0 Å². The molecule has 1 aliphatic rings. The van der Waals surface area contributed by atoms with Gasteiger partial charge in [-0.2, -0.15) is 0 Å². The zero-order chi connectivity index (χ0) is 11.1. The largest absolute Gasteiger partial charge is 0.352 e. The molecule has 1 heterocycles. The van der Waals surface area contributed by atoms with Gasteiger partial charge in [-0.25, -0.2) is 0 Å². The van der Waals surface area contributed by atoms with Gasteiger partial charge in [0.05, 0.1) is 6.04 Å². The predicted molar refractivity (Wildman–Crippen MR) is 61.8 cm³/mol. The predicted octanol–water partition coefficient (Wildman–Crippen LogP) is 0.243. The van der Waals surface area contributed by atoms with E-state index >= 15 is 0 Å². The molecule has 1 aliphatic heterocycles. The first-order chi connectivity index (χ1) is 7.27. The lowest BCUT2D eigenvalue weighted by molar-refractivity contribution is -0.124. The minimum absolute atomic E-state index is 0.0512. The van der Waals surface area contributed by atoms with E-state index in [0.717, 1.165) is 38.9 Å². The Balaban J connectivity index is 2.31. The van der Waals surface area contributed by atoms with Crippen LogP contribution in [0, 0.1) is 0 Å². The van der Waals surface area contributed by atoms with Crippen molar-refractivity contribution in [1.29, 1.82) is 0 Å². The molecule has 0 aliphatic carbocycles. The van der Waals surface area contributed by atoms with Crippen molar-refractivity contribution >= 4 is 5.91 Å². The molecule has 1 fully saturated rings. The van der Waals surface area contributed by atoms with Crippen LogP contribution in [0.5, 0.6) is 0 Å². The van der Waals surface area contributed by atoms with Gasteiger partial charge >= 0.3 is 0 Å². The summed E-state index contributed by atoms with van der Waals surface area (Å²) in [4.78, 5) is 11.8. The highest BCUT2D eigenvalue weighted by atomic mass is 16.2. The molecular weight excluding hydrogens is 190 g/mol. The van der Waals surface area contributed by atoms with Crippen LogP contribution < -0.4 is 16.0 Å². The molecule has 1 saturated heterocycles. The maximum absolute atomic E-state index is 11.8. The second-order valence-corrected chi connectivity index (χ2v) is 4.11. The molecule has 1 amide bonds. The highest BCUT2D eigenvalue weighted by molar-refractivity contribution is 5.82. The van der Waals surface area contributed by atoms with E-state index in [4.69, 9.17) is 0 Å². The molecule has 4 heteroatoms. The maximum Gasteiger partial charge on any atom is 0.238 e. The Kier molecular flexibility index (Phi) is 5.65. The van der Waals surface area contributed by atoms with Crippen molar-refractivity contribution in [2.75, 3.05) is 19.6 Å². The molecule has 4 nitrogen and oxygen atoms in total. The molecular formula is C11H23N3O. The van der Waals surface area contributed by atoms with Crippen molar-refractivity contribution in [3.05, 3.63) is 0 Å². The molecule has 0 radical (unpaired) electrons. The normalized spacial score (nSPS) is 23.5. The van der Waals surface area contributed by atoms with Crippen molar-refractivity contribution in [3.63, 3.8) is 0 Å². The van der Waals surface area contributed by atoms with Crippen LogP contribution in [-0.2, 0) is 4.79 Å². The molecule has 0 aromatic carbocycles. The lowest BCUT2D eigenvalue weighted by Gasteiger charge is -2.26. The molecule has 88 valence electrons. The summed E-state index contributed by atoms with van der Waals surface area (Å²) in [6.45, 7) is 6.84. The van der Waals surface area contributed by atoms with Crippen molar-refractivity contribution < 1.29 is 4.79 Å². The van der Waals surface area contributed by atoms with E-state index in [9.17, 15) is 4.79 Å². The smallest absolute Gasteiger partial charge is 0.238 e. The molecule has 0 spiro atoms. The number of carbonyl (C=O) groups excluding carboxylic acids is 1. The number of rotatable bonds is 5. The summed E-state index contributed by atoms with van der Waals surface area (Å²) in [6, 6.07) is 0.288. The number of amides is 1. The zero-order valence-electron chi connectivity index (χ0n) is 9.81. The Bertz CT molecular complexity index is 190. The maximum atomic E-state index is 11.8. The fourth-order valence-corrected chi connectivity index (χ4v) is 1.87. The summed E-state index contributed by atoms with van der Waals surface area (Å²) >= 11 is 0. The molecule has 1 rings (SSSR count). The summed E-state index contributed by atoms with van der Waals surface area (Å²) in [5, 5.41) is 9.53. The van der Waals surface area contributed by atoms with Gasteiger partial charge in [0, 0.05) is 25.7 Å². The van der Waals surface area contributed by atoms with Crippen LogP contribution in [0.4, 0.5) is 0 Å². The van der Waals surface area contributed by atoms with Gasteiger partial charge in [0.1, 0.15) is 0 Å². The van der Waals surface area contributed by atoms with E-state index < -0.39 is 0 Å². The second-order valence-electron chi connectivity index (χ2n) is 4.11. The van der Waals surface area contributed by atoms with Crippen molar-refractivity contribution in [3.8, 4) is 0 Å². The SMILES string of the molecule is CCCC(CC)NC(=O)C1CNCCN1. The quantitative estimate of drug-likeness (QED) is 0.613. The van der Waals surface area contributed by atoms with Gasteiger partial charge in [-0.3, -0.25) is 4.79 Å². The van der Waals surface area contributed by atoms with Crippen molar-refractivity contribution in [1.82, 2.24) is 16.0 Å². The van der Waals surface area contributed by atoms with Gasteiger partial charge in [0.15, 0.2) is 0 Å². The highest BCUT2D eigenvalue weighted by Crippen LogP contribution is 2.01. The number of hydrogen-bond donors (Lipinski definition) is 3. The molecule has 0 aromatic heterocycles. The third-order valence-corrected chi connectivity index (χ3v) is 2.83. The Hall–Kier alpha value is -0.610. The van der Waals surface area contributed by atoms with Crippen LogP contribution in [0.2, 0.25) is 0 Å². The Morgan fingerprint density at radius 3 is 2.80 bits per heavy atom. The van der Waals surface area contributed by atoms with E-state index in [0.29, 0.717) is 6.04 Å². The minimum atomic E-state index is -0.0512. The number of carbonyl (C=O) groups is 1. The zero-order valence-corrected chi connectivity index (χ0v) is 9.81. The average Bonchev–Trinajstić information content (AvgIpc) is 2.29. The van der Waals surface area contributed by atoms with E-state index in [1.807, 2.05) is 0 Å². The highest BCUT2D eigenvalue weighted by Gasteiger charge is 2.21. The van der Waals surface area contributed by atoms with Crippen LogP contribution >= 0.6 is 0 Å². The molecule has 2 unspecified atom stereocenters. The Morgan fingerprint density at radius 2 is 2.27 bits per heavy atom. The summed E-state index contributed by atoms with van der Waals surface area (Å²) < 4.78 is 0. The van der Waals surface area contributed by atoms with Gasteiger partial charge in [-0.05, 0) is 12.8 Å². The molecule has 0 bridgehead atoms.